The third-order valence-corrected chi connectivity index (χ3v) is 7.83. The number of phenols is 1. The van der Waals surface area contributed by atoms with Crippen molar-refractivity contribution in [1.82, 2.24) is 15.6 Å². The number of aryl methyl sites for hydroxylation is 1. The highest BCUT2D eigenvalue weighted by atomic mass is 16.5. The third kappa shape index (κ3) is 9.33. The number of pyridine rings is 1. The monoisotopic (exact) mass is 601 g/mol. The third-order valence-electron chi connectivity index (χ3n) is 7.83. The van der Waals surface area contributed by atoms with Crippen molar-refractivity contribution in [3.05, 3.63) is 105 Å². The van der Waals surface area contributed by atoms with Crippen molar-refractivity contribution in [2.45, 2.75) is 64.0 Å². The van der Waals surface area contributed by atoms with Crippen molar-refractivity contribution >= 4 is 17.0 Å². The SMILES string of the molecule is Cc1ccccc1C(NC(=O)O)c1cccc(OCCCCCCCCCNC[C@H](O)c2ccc(O)c3[nH]c(=O)ccc23)c1. The number of nitrogens with one attached hydrogen (secondary N) is 3. The lowest BCUT2D eigenvalue weighted by Crippen LogP contribution is -2.28. The topological polar surface area (TPSA) is 144 Å². The molecule has 1 aromatic heterocycles. The van der Waals surface area contributed by atoms with E-state index in [-0.39, 0.29) is 11.3 Å². The standard InChI is InChI=1S/C35H43N3O6/c1-24-12-7-8-15-27(24)33(38-35(42)43)25-13-11-14-26(22-25)44-21-10-6-4-2-3-5-9-20-36-23-31(40)28-16-18-30(39)34-29(28)17-19-32(41)37-34/h7-8,11-19,22,31,33,36,38-40H,2-6,9-10,20-21,23H2,1H3,(H,37,41)(H,42,43)/t31-,33?/m0/s1. The quantitative estimate of drug-likeness (QED) is 0.0776. The number of benzene rings is 3. The first-order valence-electron chi connectivity index (χ1n) is 15.3. The number of carboxylic acid groups (broad SMARTS) is 1. The summed E-state index contributed by atoms with van der Waals surface area (Å²) in [6, 6.07) is 21.1. The second-order valence-corrected chi connectivity index (χ2v) is 11.1. The second kappa shape index (κ2) is 16.5. The lowest BCUT2D eigenvalue weighted by atomic mass is 9.95. The molecule has 6 N–H and O–H groups in total. The van der Waals surface area contributed by atoms with E-state index in [1.54, 1.807) is 12.1 Å². The molecule has 0 fully saturated rings. The number of unbranched alkanes of at least 4 members (excludes halogenated alkanes) is 6. The molecule has 0 aliphatic rings. The first kappa shape index (κ1) is 32.6. The number of aromatic hydroxyl groups is 1. The number of hydrogen-bond acceptors (Lipinski definition) is 6. The first-order valence-corrected chi connectivity index (χ1v) is 15.3. The van der Waals surface area contributed by atoms with Gasteiger partial charge in [-0.1, -0.05) is 74.6 Å². The number of phenolic OH excluding ortho intramolecular Hbond substituents is 1. The van der Waals surface area contributed by atoms with Gasteiger partial charge in [0.15, 0.2) is 0 Å². The highest BCUT2D eigenvalue weighted by molar-refractivity contribution is 5.87. The molecule has 0 radical (unpaired) electrons. The van der Waals surface area contributed by atoms with Crippen molar-refractivity contribution in [3.8, 4) is 11.5 Å². The highest BCUT2D eigenvalue weighted by Gasteiger charge is 2.19. The minimum Gasteiger partial charge on any atom is -0.506 e. The Hall–Kier alpha value is -4.34. The van der Waals surface area contributed by atoms with Gasteiger partial charge in [0, 0.05) is 18.0 Å². The summed E-state index contributed by atoms with van der Waals surface area (Å²) in [7, 11) is 0. The normalized spacial score (nSPS) is 12.6. The fourth-order valence-corrected chi connectivity index (χ4v) is 5.48. The zero-order valence-electron chi connectivity index (χ0n) is 25.2. The van der Waals surface area contributed by atoms with E-state index in [1.807, 2.05) is 55.5 Å². The molecule has 0 saturated heterocycles. The largest absolute Gasteiger partial charge is 0.506 e. The van der Waals surface area contributed by atoms with E-state index in [2.05, 4.69) is 15.6 Å². The van der Waals surface area contributed by atoms with Crippen molar-refractivity contribution < 1.29 is 24.9 Å². The number of H-pyrrole nitrogens is 1. The van der Waals surface area contributed by atoms with Crippen LogP contribution in [-0.4, -0.2) is 46.1 Å². The molecule has 44 heavy (non-hydrogen) atoms. The molecule has 234 valence electrons. The van der Waals surface area contributed by atoms with Crippen LogP contribution in [0.25, 0.3) is 10.9 Å². The fourth-order valence-electron chi connectivity index (χ4n) is 5.48. The average Bonchev–Trinajstić information content (AvgIpc) is 3.01. The molecule has 4 aromatic rings. The number of amides is 1. The van der Waals surface area contributed by atoms with E-state index in [0.717, 1.165) is 73.9 Å². The Morgan fingerprint density at radius 2 is 1.64 bits per heavy atom. The summed E-state index contributed by atoms with van der Waals surface area (Å²) >= 11 is 0. The van der Waals surface area contributed by atoms with Crippen LogP contribution >= 0.6 is 0 Å². The van der Waals surface area contributed by atoms with Crippen LogP contribution < -0.4 is 20.9 Å². The molecular weight excluding hydrogens is 558 g/mol. The average molecular weight is 602 g/mol. The zero-order valence-corrected chi connectivity index (χ0v) is 25.2. The molecule has 9 heteroatoms. The van der Waals surface area contributed by atoms with Crippen LogP contribution in [0.2, 0.25) is 0 Å². The summed E-state index contributed by atoms with van der Waals surface area (Å²) in [6.45, 7) is 3.79. The summed E-state index contributed by atoms with van der Waals surface area (Å²) in [5, 5.41) is 36.7. The minimum absolute atomic E-state index is 0.0149. The van der Waals surface area contributed by atoms with E-state index >= 15 is 0 Å². The molecule has 0 aliphatic heterocycles. The van der Waals surface area contributed by atoms with Gasteiger partial charge in [-0.25, -0.2) is 4.79 Å². The molecule has 1 heterocycles. The highest BCUT2D eigenvalue weighted by Crippen LogP contribution is 2.29. The lowest BCUT2D eigenvalue weighted by molar-refractivity contribution is 0.176. The van der Waals surface area contributed by atoms with E-state index < -0.39 is 18.2 Å². The van der Waals surface area contributed by atoms with Crippen LogP contribution in [-0.2, 0) is 0 Å². The zero-order chi connectivity index (χ0) is 31.3. The van der Waals surface area contributed by atoms with E-state index in [9.17, 15) is 24.9 Å². The molecule has 2 atom stereocenters. The van der Waals surface area contributed by atoms with E-state index in [1.165, 1.54) is 12.1 Å². The van der Waals surface area contributed by atoms with Crippen LogP contribution in [0, 0.1) is 6.92 Å². The number of ether oxygens (including phenoxy) is 1. The number of aliphatic hydroxyl groups is 1. The first-order chi connectivity index (χ1) is 21.3. The van der Waals surface area contributed by atoms with E-state index in [4.69, 9.17) is 4.74 Å². The molecule has 0 saturated carbocycles. The minimum atomic E-state index is -1.07. The predicted octanol–water partition coefficient (Wildman–Crippen LogP) is 6.33. The fraction of sp³-hybridized carbons (Fsp3) is 0.371. The summed E-state index contributed by atoms with van der Waals surface area (Å²) in [4.78, 5) is 25.7. The molecule has 1 unspecified atom stereocenters. The van der Waals surface area contributed by atoms with Gasteiger partial charge in [-0.15, -0.1) is 0 Å². The van der Waals surface area contributed by atoms with Gasteiger partial charge in [-0.2, -0.15) is 0 Å². The van der Waals surface area contributed by atoms with Crippen LogP contribution in [0.3, 0.4) is 0 Å². The Balaban J connectivity index is 1.08. The van der Waals surface area contributed by atoms with Gasteiger partial charge in [0.2, 0.25) is 5.56 Å². The Bertz CT molecular complexity index is 1570. The molecule has 0 bridgehead atoms. The van der Waals surface area contributed by atoms with Crippen molar-refractivity contribution in [1.29, 1.82) is 0 Å². The summed E-state index contributed by atoms with van der Waals surface area (Å²) in [6.07, 6.45) is 5.82. The van der Waals surface area contributed by atoms with Crippen LogP contribution in [0.15, 0.2) is 77.6 Å². The van der Waals surface area contributed by atoms with Crippen LogP contribution in [0.4, 0.5) is 4.79 Å². The van der Waals surface area contributed by atoms with Gasteiger partial charge < -0.3 is 35.7 Å². The Morgan fingerprint density at radius 3 is 2.41 bits per heavy atom. The van der Waals surface area contributed by atoms with Crippen LogP contribution in [0.5, 0.6) is 11.5 Å². The van der Waals surface area contributed by atoms with Gasteiger partial charge >= 0.3 is 6.09 Å². The second-order valence-electron chi connectivity index (χ2n) is 11.1. The number of hydrogen-bond donors (Lipinski definition) is 6. The number of aromatic amines is 1. The summed E-state index contributed by atoms with van der Waals surface area (Å²) in [5.41, 5.74) is 3.49. The molecular formula is C35H43N3O6. The van der Waals surface area contributed by atoms with Crippen LogP contribution in [0.1, 0.15) is 79.3 Å². The molecule has 1 amide bonds. The number of carbonyl (C=O) groups is 1. The maximum atomic E-state index is 11.6. The number of rotatable bonds is 17. The molecule has 4 rings (SSSR count). The maximum absolute atomic E-state index is 11.6. The number of fused-ring (bicyclic) bond motifs is 1. The van der Waals surface area contributed by atoms with E-state index in [0.29, 0.717) is 29.6 Å². The maximum Gasteiger partial charge on any atom is 0.405 e. The molecule has 0 aliphatic carbocycles. The lowest BCUT2D eigenvalue weighted by Gasteiger charge is -2.20. The Kier molecular flexibility index (Phi) is 12.2. The predicted molar refractivity (Wildman–Crippen MR) is 173 cm³/mol. The van der Waals surface area contributed by atoms with Gasteiger partial charge in [0.25, 0.3) is 0 Å². The summed E-state index contributed by atoms with van der Waals surface area (Å²) < 4.78 is 5.99. The number of aliphatic hydroxyl groups excluding tert-OH is 1. The van der Waals surface area contributed by atoms with Crippen molar-refractivity contribution in [3.63, 3.8) is 0 Å². The molecule has 9 nitrogen and oxygen atoms in total. The van der Waals surface area contributed by atoms with Crippen molar-refractivity contribution in [2.75, 3.05) is 19.7 Å². The van der Waals surface area contributed by atoms with Crippen molar-refractivity contribution in [2.24, 2.45) is 0 Å². The van der Waals surface area contributed by atoms with Gasteiger partial charge in [-0.3, -0.25) is 4.79 Å². The van der Waals surface area contributed by atoms with Gasteiger partial charge in [0.1, 0.15) is 11.5 Å². The Labute approximate surface area is 257 Å². The van der Waals surface area contributed by atoms with Gasteiger partial charge in [0.05, 0.1) is 24.3 Å². The number of aromatic nitrogens is 1. The molecule has 0 spiro atoms. The molecule has 3 aromatic carbocycles. The van der Waals surface area contributed by atoms with Gasteiger partial charge in [-0.05, 0) is 72.8 Å². The summed E-state index contributed by atoms with van der Waals surface area (Å²) in [5.74, 6) is 0.721. The Morgan fingerprint density at radius 1 is 0.886 bits per heavy atom. The smallest absolute Gasteiger partial charge is 0.405 e.